The normalized spacial score (nSPS) is 12.6. The molecule has 4 aromatic rings. The van der Waals surface area contributed by atoms with Gasteiger partial charge < -0.3 is 16.4 Å². The summed E-state index contributed by atoms with van der Waals surface area (Å²) < 4.78 is 29.5. The number of rotatable bonds is 5. The maximum atomic E-state index is 14.3. The van der Waals surface area contributed by atoms with E-state index >= 15 is 0 Å². The van der Waals surface area contributed by atoms with Crippen molar-refractivity contribution in [2.24, 2.45) is 5.73 Å². The average molecular weight is 434 g/mol. The molecular formula is C23H20F2N6O. The minimum Gasteiger partial charge on any atom is -0.380 e. The lowest BCUT2D eigenvalue weighted by Crippen LogP contribution is -2.12. The number of benzene rings is 2. The zero-order valence-corrected chi connectivity index (χ0v) is 17.2. The molecule has 0 bridgehead atoms. The van der Waals surface area contributed by atoms with Crippen LogP contribution < -0.4 is 16.4 Å². The molecule has 0 saturated heterocycles. The third-order valence-corrected chi connectivity index (χ3v) is 5.52. The molecule has 0 atom stereocenters. The number of fused-ring (bicyclic) bond motifs is 2. The SMILES string of the molecule is Cc1cc2c(C(N)=O)cc(F)cc2n1-c1nc2c(c(NCc3cccc(F)c3)n1)NCC2. The van der Waals surface area contributed by atoms with Crippen LogP contribution in [0, 0.1) is 18.6 Å². The van der Waals surface area contributed by atoms with Crippen molar-refractivity contribution in [3.05, 3.63) is 76.6 Å². The number of halogens is 2. The number of hydrogen-bond donors (Lipinski definition) is 3. The summed E-state index contributed by atoms with van der Waals surface area (Å²) in [6.45, 7) is 2.92. The highest BCUT2D eigenvalue weighted by molar-refractivity contribution is 6.06. The van der Waals surface area contributed by atoms with E-state index < -0.39 is 11.7 Å². The Morgan fingerprint density at radius 3 is 2.81 bits per heavy atom. The zero-order chi connectivity index (χ0) is 22.4. The summed E-state index contributed by atoms with van der Waals surface area (Å²) in [5.74, 6) is -0.666. The maximum absolute atomic E-state index is 14.3. The first-order valence-corrected chi connectivity index (χ1v) is 10.2. The predicted octanol–water partition coefficient (Wildman–Crippen LogP) is 3.69. The first-order valence-electron chi connectivity index (χ1n) is 10.2. The maximum Gasteiger partial charge on any atom is 0.249 e. The van der Waals surface area contributed by atoms with E-state index in [1.165, 1.54) is 18.2 Å². The highest BCUT2D eigenvalue weighted by Gasteiger charge is 2.22. The summed E-state index contributed by atoms with van der Waals surface area (Å²) in [6.07, 6.45) is 0.707. The van der Waals surface area contributed by atoms with E-state index in [4.69, 9.17) is 10.7 Å². The van der Waals surface area contributed by atoms with Crippen molar-refractivity contribution in [2.75, 3.05) is 17.2 Å². The minimum absolute atomic E-state index is 0.106. The fraction of sp³-hybridized carbons (Fsp3) is 0.174. The fourth-order valence-electron chi connectivity index (χ4n) is 4.10. The van der Waals surface area contributed by atoms with Gasteiger partial charge in [0.1, 0.15) is 11.6 Å². The Morgan fingerprint density at radius 1 is 1.19 bits per heavy atom. The number of carbonyl (C=O) groups excluding carboxylic acids is 1. The van der Waals surface area contributed by atoms with Crippen molar-refractivity contribution in [1.82, 2.24) is 14.5 Å². The predicted molar refractivity (Wildman–Crippen MR) is 118 cm³/mol. The van der Waals surface area contributed by atoms with Crippen molar-refractivity contribution < 1.29 is 13.6 Å². The van der Waals surface area contributed by atoms with Gasteiger partial charge in [-0.2, -0.15) is 4.98 Å². The number of anilines is 2. The van der Waals surface area contributed by atoms with E-state index in [-0.39, 0.29) is 11.4 Å². The number of nitrogens with two attached hydrogens (primary N) is 1. The van der Waals surface area contributed by atoms with Gasteiger partial charge >= 0.3 is 0 Å². The van der Waals surface area contributed by atoms with E-state index in [0.717, 1.165) is 28.7 Å². The molecule has 5 rings (SSSR count). The molecule has 1 aliphatic heterocycles. The highest BCUT2D eigenvalue weighted by atomic mass is 19.1. The van der Waals surface area contributed by atoms with Gasteiger partial charge in [-0.1, -0.05) is 12.1 Å². The number of nitrogens with one attached hydrogen (secondary N) is 2. The van der Waals surface area contributed by atoms with E-state index in [2.05, 4.69) is 15.6 Å². The monoisotopic (exact) mass is 434 g/mol. The van der Waals surface area contributed by atoms with Gasteiger partial charge in [0.05, 0.1) is 22.5 Å². The number of primary amides is 1. The number of hydrogen-bond acceptors (Lipinski definition) is 5. The second kappa shape index (κ2) is 7.60. The number of aromatic nitrogens is 3. The van der Waals surface area contributed by atoms with Crippen LogP contribution in [-0.2, 0) is 13.0 Å². The van der Waals surface area contributed by atoms with Crippen LogP contribution in [0.3, 0.4) is 0 Å². The molecule has 3 heterocycles. The van der Waals surface area contributed by atoms with Gasteiger partial charge in [-0.3, -0.25) is 9.36 Å². The molecule has 0 radical (unpaired) electrons. The summed E-state index contributed by atoms with van der Waals surface area (Å²) in [7, 11) is 0. The van der Waals surface area contributed by atoms with Crippen LogP contribution in [0.5, 0.6) is 0 Å². The van der Waals surface area contributed by atoms with Crippen LogP contribution in [0.1, 0.15) is 27.3 Å². The molecule has 0 unspecified atom stereocenters. The first kappa shape index (κ1) is 19.9. The lowest BCUT2D eigenvalue weighted by Gasteiger charge is -2.14. The molecule has 0 saturated carbocycles. The Hall–Kier alpha value is -4.01. The number of aryl methyl sites for hydroxylation is 1. The summed E-state index contributed by atoms with van der Waals surface area (Å²) in [6, 6.07) is 10.6. The molecule has 2 aromatic carbocycles. The summed E-state index contributed by atoms with van der Waals surface area (Å²) >= 11 is 0. The smallest absolute Gasteiger partial charge is 0.249 e. The van der Waals surface area contributed by atoms with Crippen LogP contribution in [0.25, 0.3) is 16.9 Å². The minimum atomic E-state index is -0.705. The first-order chi connectivity index (χ1) is 15.4. The van der Waals surface area contributed by atoms with Crippen LogP contribution in [-0.4, -0.2) is 27.0 Å². The van der Waals surface area contributed by atoms with Gasteiger partial charge in [-0.15, -0.1) is 0 Å². The molecule has 0 aliphatic carbocycles. The largest absolute Gasteiger partial charge is 0.380 e. The molecule has 0 spiro atoms. The van der Waals surface area contributed by atoms with E-state index in [9.17, 15) is 13.6 Å². The van der Waals surface area contributed by atoms with Gasteiger partial charge in [-0.25, -0.2) is 13.8 Å². The number of nitrogens with zero attached hydrogens (tertiary/aromatic N) is 3. The third kappa shape index (κ3) is 3.41. The topological polar surface area (TPSA) is 97.9 Å². The molecular weight excluding hydrogens is 414 g/mol. The van der Waals surface area contributed by atoms with Crippen molar-refractivity contribution in [3.63, 3.8) is 0 Å². The number of carbonyl (C=O) groups is 1. The fourth-order valence-corrected chi connectivity index (χ4v) is 4.10. The summed E-state index contributed by atoms with van der Waals surface area (Å²) in [5, 5.41) is 7.07. The molecule has 4 N–H and O–H groups in total. The lowest BCUT2D eigenvalue weighted by molar-refractivity contribution is 0.100. The molecule has 0 fully saturated rings. The van der Waals surface area contributed by atoms with Gasteiger partial charge in [-0.05, 0) is 42.8 Å². The summed E-state index contributed by atoms with van der Waals surface area (Å²) in [5.41, 5.74) is 9.14. The Kier molecular flexibility index (Phi) is 4.73. The molecule has 1 amide bonds. The van der Waals surface area contributed by atoms with Crippen LogP contribution in [0.4, 0.5) is 20.3 Å². The quantitative estimate of drug-likeness (QED) is 0.445. The molecule has 162 valence electrons. The van der Waals surface area contributed by atoms with Crippen LogP contribution in [0.15, 0.2) is 42.5 Å². The Bertz CT molecular complexity index is 1380. The molecule has 32 heavy (non-hydrogen) atoms. The van der Waals surface area contributed by atoms with E-state index in [1.807, 2.05) is 13.0 Å². The van der Waals surface area contributed by atoms with Crippen molar-refractivity contribution in [2.45, 2.75) is 19.9 Å². The van der Waals surface area contributed by atoms with Crippen molar-refractivity contribution in [3.8, 4) is 5.95 Å². The lowest BCUT2D eigenvalue weighted by atomic mass is 10.1. The van der Waals surface area contributed by atoms with Crippen LogP contribution in [0.2, 0.25) is 0 Å². The van der Waals surface area contributed by atoms with E-state index in [1.54, 1.807) is 16.7 Å². The van der Waals surface area contributed by atoms with Gasteiger partial charge in [0.25, 0.3) is 0 Å². The Labute approximate surface area is 182 Å². The second-order valence-electron chi connectivity index (χ2n) is 7.73. The van der Waals surface area contributed by atoms with E-state index in [0.29, 0.717) is 42.2 Å². The van der Waals surface area contributed by atoms with Crippen LogP contribution >= 0.6 is 0 Å². The Morgan fingerprint density at radius 2 is 2.03 bits per heavy atom. The second-order valence-corrected chi connectivity index (χ2v) is 7.73. The standard InChI is InChI=1S/C23H20F2N6O/c1-12-7-16-17(21(26)32)9-15(25)10-19(16)31(12)23-29-18-5-6-27-20(18)22(30-23)28-11-13-3-2-4-14(24)8-13/h2-4,7-10,27H,5-6,11H2,1H3,(H2,26,32)(H,28,29,30). The molecule has 9 heteroatoms. The van der Waals surface area contributed by atoms with Crippen molar-refractivity contribution in [1.29, 1.82) is 0 Å². The van der Waals surface area contributed by atoms with Gasteiger partial charge in [0, 0.05) is 30.6 Å². The Balaban J connectivity index is 1.62. The van der Waals surface area contributed by atoms with Crippen molar-refractivity contribution >= 4 is 28.3 Å². The number of amides is 1. The molecule has 1 aliphatic rings. The highest BCUT2D eigenvalue weighted by Crippen LogP contribution is 2.32. The molecule has 2 aromatic heterocycles. The third-order valence-electron chi connectivity index (χ3n) is 5.52. The van der Waals surface area contributed by atoms with Gasteiger partial charge in [0.2, 0.25) is 11.9 Å². The average Bonchev–Trinajstić information content (AvgIpc) is 3.34. The zero-order valence-electron chi connectivity index (χ0n) is 17.2. The van der Waals surface area contributed by atoms with Gasteiger partial charge in [0.15, 0.2) is 5.82 Å². The summed E-state index contributed by atoms with van der Waals surface area (Å²) in [4.78, 5) is 21.2. The molecule has 7 nitrogen and oxygen atoms in total.